The molecule has 0 aliphatic carbocycles. The molecule has 0 heterocycles. The predicted octanol–water partition coefficient (Wildman–Crippen LogP) is 1.68. The molecule has 3 amide bonds. The van der Waals surface area contributed by atoms with Gasteiger partial charge in [-0.2, -0.15) is 0 Å². The van der Waals surface area contributed by atoms with E-state index in [4.69, 9.17) is 0 Å². The van der Waals surface area contributed by atoms with Gasteiger partial charge in [0, 0.05) is 0 Å². The summed E-state index contributed by atoms with van der Waals surface area (Å²) in [5, 5.41) is 0. The van der Waals surface area contributed by atoms with Crippen LogP contribution in [0.1, 0.15) is 60.8 Å². The van der Waals surface area contributed by atoms with E-state index in [0.717, 1.165) is 0 Å². The van der Waals surface area contributed by atoms with Gasteiger partial charge in [-0.3, -0.25) is 0 Å². The van der Waals surface area contributed by atoms with Gasteiger partial charge in [-0.25, -0.2) is 0 Å². The number of carbonyl (C=O) groups is 3. The van der Waals surface area contributed by atoms with E-state index in [1.807, 2.05) is 20.8 Å². The van der Waals surface area contributed by atoms with Gasteiger partial charge >= 0.3 is 126 Å². The molecule has 20 heavy (non-hydrogen) atoms. The Hall–Kier alpha value is -0.850. The number of rotatable bonds is 6. The van der Waals surface area contributed by atoms with E-state index in [1.165, 1.54) is 0 Å². The van der Waals surface area contributed by atoms with Crippen LogP contribution < -0.4 is 11.2 Å². The second kappa shape index (κ2) is 7.81. The summed E-state index contributed by atoms with van der Waals surface area (Å²) in [4.78, 5) is 35.6. The summed E-state index contributed by atoms with van der Waals surface area (Å²) in [7, 11) is 0. The van der Waals surface area contributed by atoms with Crippen molar-refractivity contribution >= 4 is 17.7 Å². The van der Waals surface area contributed by atoms with Gasteiger partial charge < -0.3 is 0 Å². The van der Waals surface area contributed by atoms with Gasteiger partial charge in [0.05, 0.1) is 0 Å². The summed E-state index contributed by atoms with van der Waals surface area (Å²) in [6.07, 6.45) is 0.959. The molecule has 0 saturated carbocycles. The topological polar surface area (TPSA) is 87.3 Å². The summed E-state index contributed by atoms with van der Waals surface area (Å²) in [5.41, 5.74) is 0. The quantitative estimate of drug-likeness (QED) is 0.571. The number of amides is 3. The van der Waals surface area contributed by atoms with E-state index in [2.05, 4.69) is 11.2 Å². The molecule has 6 nitrogen and oxygen atoms in total. The molecule has 0 fully saturated rings. The molecular formula is C13H27N3O3Ta. The minimum atomic E-state index is -4.01. The van der Waals surface area contributed by atoms with Crippen molar-refractivity contribution in [2.24, 2.45) is 0 Å². The molecule has 0 aliphatic rings. The number of carbonyl (C=O) groups excluding carboxylic acids is 3. The first kappa shape index (κ1) is 19.2. The number of hydrogen-bond donors (Lipinski definition) is 3. The Balaban J connectivity index is 5.56. The average molecular weight is 454 g/mol. The van der Waals surface area contributed by atoms with E-state index in [9.17, 15) is 14.4 Å². The van der Waals surface area contributed by atoms with Gasteiger partial charge in [0.2, 0.25) is 0 Å². The van der Waals surface area contributed by atoms with Crippen LogP contribution in [0.5, 0.6) is 0 Å². The van der Waals surface area contributed by atoms with E-state index in [-0.39, 0.29) is 21.4 Å². The summed E-state index contributed by atoms with van der Waals surface area (Å²) in [5.74, 6) is -0.441. The molecule has 0 spiro atoms. The minimum absolute atomic E-state index is 0.147. The predicted molar refractivity (Wildman–Crippen MR) is 75.0 cm³/mol. The van der Waals surface area contributed by atoms with Crippen LogP contribution in [0.15, 0.2) is 0 Å². The summed E-state index contributed by atoms with van der Waals surface area (Å²) in [6, 6.07) is 0. The fourth-order valence-corrected chi connectivity index (χ4v) is 11.3. The fourth-order valence-electron chi connectivity index (χ4n) is 1.39. The van der Waals surface area contributed by atoms with Gasteiger partial charge in [0.25, 0.3) is 0 Å². The molecule has 7 heteroatoms. The van der Waals surface area contributed by atoms with E-state index < -0.39 is 17.9 Å². The summed E-state index contributed by atoms with van der Waals surface area (Å²) >= 11 is -4.01. The van der Waals surface area contributed by atoms with E-state index >= 15 is 0 Å². The Morgan fingerprint density at radius 1 is 0.750 bits per heavy atom. The van der Waals surface area contributed by atoms with Gasteiger partial charge in [-0.1, -0.05) is 0 Å². The van der Waals surface area contributed by atoms with Crippen molar-refractivity contribution in [2.45, 2.75) is 64.4 Å². The summed E-state index contributed by atoms with van der Waals surface area (Å²) in [6.45, 7) is 11.1. The van der Waals surface area contributed by atoms with Crippen LogP contribution in [-0.2, 0) is 32.3 Å². The third-order valence-electron chi connectivity index (χ3n) is 2.85. The summed E-state index contributed by atoms with van der Waals surface area (Å²) < 4.78 is 8.51. The fraction of sp³-hybridized carbons (Fsp3) is 0.769. The van der Waals surface area contributed by atoms with Crippen LogP contribution in [0.3, 0.4) is 0 Å². The van der Waals surface area contributed by atoms with Crippen molar-refractivity contribution < 1.29 is 32.3 Å². The van der Waals surface area contributed by atoms with Crippen LogP contribution in [0.4, 0.5) is 0 Å². The monoisotopic (exact) mass is 454 g/mol. The Kier molecular flexibility index (Phi) is 7.48. The number of nitrogens with one attached hydrogen (secondary N) is 3. The van der Waals surface area contributed by atoms with Crippen molar-refractivity contribution in [3.05, 3.63) is 0 Å². The molecule has 0 unspecified atom stereocenters. The molecular weight excluding hydrogens is 427 g/mol. The van der Waals surface area contributed by atoms with Gasteiger partial charge in [-0.15, -0.1) is 0 Å². The molecule has 3 N–H and O–H groups in total. The Morgan fingerprint density at radius 3 is 1.15 bits per heavy atom. The first-order valence-corrected chi connectivity index (χ1v) is 13.4. The second-order valence-electron chi connectivity index (χ2n) is 5.51. The van der Waals surface area contributed by atoms with Gasteiger partial charge in [0.15, 0.2) is 0 Å². The normalized spacial score (nSPS) is 11.7. The molecule has 0 rings (SSSR count). The Bertz CT molecular complexity index is 332. The van der Waals surface area contributed by atoms with Crippen molar-refractivity contribution in [2.75, 3.05) is 0 Å². The Morgan fingerprint density at radius 2 is 1.00 bits per heavy atom. The molecule has 0 aliphatic heterocycles. The zero-order valence-corrected chi connectivity index (χ0v) is 16.5. The second-order valence-corrected chi connectivity index (χ2v) is 17.6. The van der Waals surface area contributed by atoms with Gasteiger partial charge in [0.1, 0.15) is 0 Å². The zero-order valence-electron chi connectivity index (χ0n) is 13.3. The molecule has 117 valence electrons. The standard InChI is InChI=1S/C4H9.3C3H7NO.Ta/c1-4(2)3;3*1-2-3(4)5;/h1-3H3;3*2H2,1H3,(H2,4,5);/q;;;;+3/p-3. The zero-order chi connectivity index (χ0) is 16.0. The van der Waals surface area contributed by atoms with Crippen molar-refractivity contribution in [1.29, 1.82) is 0 Å². The third-order valence-corrected chi connectivity index (χ3v) is 16.4. The van der Waals surface area contributed by atoms with Gasteiger partial charge in [-0.05, 0) is 0 Å². The third kappa shape index (κ3) is 5.26. The van der Waals surface area contributed by atoms with Crippen LogP contribution in [0, 0.1) is 0 Å². The molecule has 0 aromatic heterocycles. The first-order chi connectivity index (χ1) is 9.11. The maximum absolute atomic E-state index is 11.9. The molecule has 0 aromatic carbocycles. The number of hydrogen-bond acceptors (Lipinski definition) is 3. The molecule has 0 saturated heterocycles. The van der Waals surface area contributed by atoms with Crippen LogP contribution in [0.2, 0.25) is 3.63 Å². The molecule has 0 atom stereocenters. The van der Waals surface area contributed by atoms with Crippen molar-refractivity contribution in [3.63, 3.8) is 0 Å². The molecule has 0 radical (unpaired) electrons. The van der Waals surface area contributed by atoms with Crippen LogP contribution >= 0.6 is 0 Å². The van der Waals surface area contributed by atoms with E-state index in [1.54, 1.807) is 20.8 Å². The van der Waals surface area contributed by atoms with Crippen LogP contribution in [0.25, 0.3) is 0 Å². The SMILES string of the molecule is CCC(=O)[NH][Ta]([NH]C(=O)CC)([NH]C(=O)CC)[C](C)(C)C. The molecule has 0 aromatic rings. The maximum atomic E-state index is 11.9. The Labute approximate surface area is 125 Å². The van der Waals surface area contributed by atoms with E-state index in [0.29, 0.717) is 19.3 Å². The average Bonchev–Trinajstić information content (AvgIpc) is 2.36. The molecule has 0 bridgehead atoms. The first-order valence-electron chi connectivity index (χ1n) is 6.94. The van der Waals surface area contributed by atoms with Crippen molar-refractivity contribution in [3.8, 4) is 0 Å². The van der Waals surface area contributed by atoms with Crippen LogP contribution in [-0.4, -0.2) is 17.7 Å². The van der Waals surface area contributed by atoms with Crippen molar-refractivity contribution in [1.82, 2.24) is 11.2 Å².